The Morgan fingerprint density at radius 2 is 2.33 bits per heavy atom. The second-order valence-corrected chi connectivity index (χ2v) is 1.56. The Bertz CT molecular complexity index is 110. The summed E-state index contributed by atoms with van der Waals surface area (Å²) in [5.41, 5.74) is 1.02. The van der Waals surface area contributed by atoms with E-state index in [1.165, 1.54) is 0 Å². The van der Waals surface area contributed by atoms with Crippen LogP contribution >= 0.6 is 0 Å². The van der Waals surface area contributed by atoms with Gasteiger partial charge in [0.1, 0.15) is 0 Å². The van der Waals surface area contributed by atoms with E-state index in [2.05, 4.69) is 10.6 Å². The standard InChI is InChI=1S/C6H12N2O/c1-3-6(7-2)4-8-5-9/h3,5,7H,4H2,1-2H3,(H,8,9)/b6-3+. The molecule has 2 N–H and O–H groups in total. The van der Waals surface area contributed by atoms with Gasteiger partial charge in [0.2, 0.25) is 6.41 Å². The first-order valence-electron chi connectivity index (χ1n) is 2.85. The molecular formula is C6H12N2O. The van der Waals surface area contributed by atoms with Crippen LogP contribution < -0.4 is 10.6 Å². The summed E-state index contributed by atoms with van der Waals surface area (Å²) in [4.78, 5) is 9.78. The number of allylic oxidation sites excluding steroid dienone is 1. The van der Waals surface area contributed by atoms with E-state index in [-0.39, 0.29) is 0 Å². The van der Waals surface area contributed by atoms with E-state index in [1.807, 2.05) is 20.0 Å². The van der Waals surface area contributed by atoms with Gasteiger partial charge in [0.25, 0.3) is 0 Å². The van der Waals surface area contributed by atoms with Crippen molar-refractivity contribution in [1.82, 2.24) is 10.6 Å². The first kappa shape index (κ1) is 8.01. The van der Waals surface area contributed by atoms with Gasteiger partial charge in [-0.25, -0.2) is 0 Å². The van der Waals surface area contributed by atoms with Crippen LogP contribution in [0.1, 0.15) is 6.92 Å². The average Bonchev–Trinajstić information content (AvgIpc) is 1.91. The number of hydrogen-bond acceptors (Lipinski definition) is 2. The summed E-state index contributed by atoms with van der Waals surface area (Å²) >= 11 is 0. The molecule has 0 rings (SSSR count). The van der Waals surface area contributed by atoms with Crippen LogP contribution in [0, 0.1) is 0 Å². The highest BCUT2D eigenvalue weighted by atomic mass is 16.1. The van der Waals surface area contributed by atoms with Gasteiger partial charge in [-0.3, -0.25) is 4.79 Å². The zero-order chi connectivity index (χ0) is 7.11. The van der Waals surface area contributed by atoms with Crippen molar-refractivity contribution in [3.63, 3.8) is 0 Å². The molecule has 0 heterocycles. The molecular weight excluding hydrogens is 116 g/mol. The first-order chi connectivity index (χ1) is 4.35. The van der Waals surface area contributed by atoms with Crippen molar-refractivity contribution >= 4 is 6.41 Å². The highest BCUT2D eigenvalue weighted by Gasteiger charge is 1.86. The maximum absolute atomic E-state index is 9.78. The van der Waals surface area contributed by atoms with Gasteiger partial charge in [-0.05, 0) is 6.92 Å². The Morgan fingerprint density at radius 1 is 1.67 bits per heavy atom. The largest absolute Gasteiger partial charge is 0.390 e. The number of nitrogens with one attached hydrogen (secondary N) is 2. The summed E-state index contributed by atoms with van der Waals surface area (Å²) in [6.45, 7) is 2.49. The van der Waals surface area contributed by atoms with Gasteiger partial charge in [-0.2, -0.15) is 0 Å². The summed E-state index contributed by atoms with van der Waals surface area (Å²) in [6, 6.07) is 0. The molecule has 0 bridgehead atoms. The molecule has 0 atom stereocenters. The van der Waals surface area contributed by atoms with Crippen LogP contribution in [0.15, 0.2) is 11.8 Å². The minimum atomic E-state index is 0.580. The van der Waals surface area contributed by atoms with E-state index in [4.69, 9.17) is 0 Å². The van der Waals surface area contributed by atoms with Crippen LogP contribution in [-0.2, 0) is 4.79 Å². The molecule has 1 amide bonds. The van der Waals surface area contributed by atoms with Crippen molar-refractivity contribution in [1.29, 1.82) is 0 Å². The molecule has 0 aliphatic heterocycles. The van der Waals surface area contributed by atoms with Crippen LogP contribution in [0.3, 0.4) is 0 Å². The molecule has 0 aromatic carbocycles. The summed E-state index contributed by atoms with van der Waals surface area (Å²) in [7, 11) is 1.82. The minimum absolute atomic E-state index is 0.580. The highest BCUT2D eigenvalue weighted by Crippen LogP contribution is 1.80. The fourth-order valence-corrected chi connectivity index (χ4v) is 0.486. The van der Waals surface area contributed by atoms with Crippen molar-refractivity contribution in [3.05, 3.63) is 11.8 Å². The lowest BCUT2D eigenvalue weighted by atomic mass is 10.4. The molecule has 0 aromatic heterocycles. The summed E-state index contributed by atoms with van der Waals surface area (Å²) in [6.07, 6.45) is 2.59. The molecule has 9 heavy (non-hydrogen) atoms. The monoisotopic (exact) mass is 128 g/mol. The van der Waals surface area contributed by atoms with E-state index >= 15 is 0 Å². The fraction of sp³-hybridized carbons (Fsp3) is 0.500. The Balaban J connectivity index is 3.44. The zero-order valence-electron chi connectivity index (χ0n) is 5.77. The first-order valence-corrected chi connectivity index (χ1v) is 2.85. The number of likely N-dealkylation sites (N-methyl/N-ethyl adjacent to an activating group) is 1. The SMILES string of the molecule is C/C=C(\CNC=O)NC. The zero-order valence-corrected chi connectivity index (χ0v) is 5.77. The summed E-state index contributed by atoms with van der Waals surface area (Å²) in [5, 5.41) is 5.47. The van der Waals surface area contributed by atoms with Gasteiger partial charge >= 0.3 is 0 Å². The number of amides is 1. The molecule has 0 aliphatic carbocycles. The maximum Gasteiger partial charge on any atom is 0.207 e. The van der Waals surface area contributed by atoms with Gasteiger partial charge in [-0.15, -0.1) is 0 Å². The topological polar surface area (TPSA) is 41.1 Å². The third kappa shape index (κ3) is 3.58. The lowest BCUT2D eigenvalue weighted by Gasteiger charge is -2.02. The number of carbonyl (C=O) groups is 1. The van der Waals surface area contributed by atoms with Crippen molar-refractivity contribution in [3.8, 4) is 0 Å². The lowest BCUT2D eigenvalue weighted by Crippen LogP contribution is -2.21. The van der Waals surface area contributed by atoms with E-state index in [9.17, 15) is 4.79 Å². The normalized spacial score (nSPS) is 10.7. The Morgan fingerprint density at radius 3 is 2.67 bits per heavy atom. The maximum atomic E-state index is 9.78. The van der Waals surface area contributed by atoms with Crippen molar-refractivity contribution in [2.45, 2.75) is 6.92 Å². The highest BCUT2D eigenvalue weighted by molar-refractivity contribution is 5.46. The third-order valence-electron chi connectivity index (χ3n) is 1.05. The third-order valence-corrected chi connectivity index (χ3v) is 1.05. The molecule has 3 heteroatoms. The Kier molecular flexibility index (Phi) is 4.59. The Hall–Kier alpha value is -0.990. The summed E-state index contributed by atoms with van der Waals surface area (Å²) in [5.74, 6) is 0. The molecule has 0 saturated heterocycles. The lowest BCUT2D eigenvalue weighted by molar-refractivity contribution is -0.109. The molecule has 3 nitrogen and oxygen atoms in total. The predicted octanol–water partition coefficient (Wildman–Crippen LogP) is -0.144. The van der Waals surface area contributed by atoms with E-state index in [0.29, 0.717) is 13.0 Å². The van der Waals surface area contributed by atoms with E-state index in [0.717, 1.165) is 5.70 Å². The molecule has 0 aliphatic rings. The van der Waals surface area contributed by atoms with E-state index < -0.39 is 0 Å². The molecule has 0 radical (unpaired) electrons. The molecule has 0 fully saturated rings. The van der Waals surface area contributed by atoms with Crippen LogP contribution in [0.2, 0.25) is 0 Å². The van der Waals surface area contributed by atoms with Gasteiger partial charge in [0.15, 0.2) is 0 Å². The molecule has 0 saturated carbocycles. The number of hydrogen-bond donors (Lipinski definition) is 2. The number of rotatable bonds is 4. The van der Waals surface area contributed by atoms with E-state index in [1.54, 1.807) is 0 Å². The van der Waals surface area contributed by atoms with Gasteiger partial charge in [-0.1, -0.05) is 6.08 Å². The number of carbonyl (C=O) groups excluding carboxylic acids is 1. The average molecular weight is 128 g/mol. The van der Waals surface area contributed by atoms with Crippen molar-refractivity contribution in [2.24, 2.45) is 0 Å². The van der Waals surface area contributed by atoms with Crippen LogP contribution in [0.25, 0.3) is 0 Å². The van der Waals surface area contributed by atoms with Gasteiger partial charge in [0.05, 0.1) is 6.54 Å². The van der Waals surface area contributed by atoms with Gasteiger partial charge in [0, 0.05) is 12.7 Å². The molecule has 0 unspecified atom stereocenters. The molecule has 52 valence electrons. The minimum Gasteiger partial charge on any atom is -0.390 e. The van der Waals surface area contributed by atoms with Crippen LogP contribution in [0.4, 0.5) is 0 Å². The molecule has 0 spiro atoms. The van der Waals surface area contributed by atoms with Crippen molar-refractivity contribution in [2.75, 3.05) is 13.6 Å². The van der Waals surface area contributed by atoms with Crippen LogP contribution in [-0.4, -0.2) is 20.0 Å². The Labute approximate surface area is 55.1 Å². The second kappa shape index (κ2) is 5.15. The smallest absolute Gasteiger partial charge is 0.207 e. The molecule has 0 aromatic rings. The van der Waals surface area contributed by atoms with Crippen LogP contribution in [0.5, 0.6) is 0 Å². The quantitative estimate of drug-likeness (QED) is 0.517. The van der Waals surface area contributed by atoms with Gasteiger partial charge < -0.3 is 10.6 Å². The fourth-order valence-electron chi connectivity index (χ4n) is 0.486. The van der Waals surface area contributed by atoms with Crippen molar-refractivity contribution < 1.29 is 4.79 Å². The summed E-state index contributed by atoms with van der Waals surface area (Å²) < 4.78 is 0. The predicted molar refractivity (Wildman–Crippen MR) is 36.9 cm³/mol. The second-order valence-electron chi connectivity index (χ2n) is 1.56.